The summed E-state index contributed by atoms with van der Waals surface area (Å²) < 4.78 is 5.01. The molecule has 0 fully saturated rings. The van der Waals surface area contributed by atoms with Crippen molar-refractivity contribution in [2.75, 3.05) is 13.7 Å². The topological polar surface area (TPSA) is 75.7 Å². The quantitative estimate of drug-likeness (QED) is 0.666. The van der Waals surface area contributed by atoms with Crippen molar-refractivity contribution >= 4 is 0 Å². The molecule has 0 bridgehead atoms. The molecule has 1 aromatic carbocycles. The van der Waals surface area contributed by atoms with E-state index in [0.717, 1.165) is 5.56 Å². The van der Waals surface area contributed by atoms with Crippen LogP contribution in [-0.2, 0) is 0 Å². The van der Waals surface area contributed by atoms with Gasteiger partial charge >= 0.3 is 0 Å². The average Bonchev–Trinajstić information content (AvgIpc) is 2.19. The van der Waals surface area contributed by atoms with Crippen molar-refractivity contribution in [1.82, 2.24) is 0 Å². The van der Waals surface area contributed by atoms with Crippen LogP contribution in [0.1, 0.15) is 17.2 Å². The molecule has 0 aliphatic rings. The van der Waals surface area contributed by atoms with E-state index >= 15 is 0 Å². The monoisotopic (exact) mass is 197 g/mol. The summed E-state index contributed by atoms with van der Waals surface area (Å²) in [5.41, 5.74) is 6.76. The number of phenols is 1. The molecule has 0 saturated heterocycles. The van der Waals surface area contributed by atoms with Crippen LogP contribution in [0.3, 0.4) is 0 Å². The van der Waals surface area contributed by atoms with Gasteiger partial charge in [0.2, 0.25) is 0 Å². The molecular weight excluding hydrogens is 182 g/mol. The number of rotatable bonds is 3. The van der Waals surface area contributed by atoms with Gasteiger partial charge in [0.25, 0.3) is 0 Å². The van der Waals surface area contributed by atoms with Crippen LogP contribution < -0.4 is 10.5 Å². The molecule has 1 aromatic rings. The molecule has 4 nitrogen and oxygen atoms in total. The zero-order chi connectivity index (χ0) is 10.7. The summed E-state index contributed by atoms with van der Waals surface area (Å²) in [6.07, 6.45) is -0.808. The van der Waals surface area contributed by atoms with Crippen LogP contribution in [0.25, 0.3) is 0 Å². The second-order valence-electron chi connectivity index (χ2n) is 3.10. The molecule has 1 atom stereocenters. The Bertz CT molecular complexity index is 325. The minimum absolute atomic E-state index is 0.0144. The molecule has 0 aromatic heterocycles. The van der Waals surface area contributed by atoms with Gasteiger partial charge in [-0.3, -0.25) is 0 Å². The molecule has 4 heteroatoms. The third kappa shape index (κ3) is 1.81. The third-order valence-electron chi connectivity index (χ3n) is 2.15. The smallest absolute Gasteiger partial charge is 0.166 e. The van der Waals surface area contributed by atoms with E-state index in [0.29, 0.717) is 11.3 Å². The summed E-state index contributed by atoms with van der Waals surface area (Å²) in [6, 6.07) is 3.24. The Morgan fingerprint density at radius 2 is 2.14 bits per heavy atom. The number of ether oxygens (including phenoxy) is 1. The van der Waals surface area contributed by atoms with Crippen LogP contribution in [0, 0.1) is 6.92 Å². The van der Waals surface area contributed by atoms with E-state index in [1.54, 1.807) is 6.07 Å². The van der Waals surface area contributed by atoms with E-state index in [2.05, 4.69) is 0 Å². The molecule has 0 saturated carbocycles. The minimum atomic E-state index is -0.808. The fourth-order valence-corrected chi connectivity index (χ4v) is 1.43. The molecule has 0 spiro atoms. The normalized spacial score (nSPS) is 12.6. The first-order valence-corrected chi connectivity index (χ1v) is 4.36. The lowest BCUT2D eigenvalue weighted by Crippen LogP contribution is -2.13. The number of hydrogen-bond donors (Lipinski definition) is 3. The SMILES string of the molecule is COc1c(O)ccc(C)c1C(O)CN. The Balaban J connectivity index is 3.29. The van der Waals surface area contributed by atoms with Gasteiger partial charge in [-0.1, -0.05) is 6.07 Å². The molecule has 4 N–H and O–H groups in total. The Morgan fingerprint density at radius 3 is 2.64 bits per heavy atom. The number of phenolic OH excluding ortho intramolecular Hbond substituents is 1. The van der Waals surface area contributed by atoms with Crippen molar-refractivity contribution in [3.63, 3.8) is 0 Å². The van der Waals surface area contributed by atoms with Gasteiger partial charge in [0.15, 0.2) is 11.5 Å². The van der Waals surface area contributed by atoms with Gasteiger partial charge in [-0.2, -0.15) is 0 Å². The van der Waals surface area contributed by atoms with Gasteiger partial charge in [-0.25, -0.2) is 0 Å². The number of nitrogens with two attached hydrogens (primary N) is 1. The maximum atomic E-state index is 9.63. The van der Waals surface area contributed by atoms with Crippen molar-refractivity contribution in [3.05, 3.63) is 23.3 Å². The lowest BCUT2D eigenvalue weighted by Gasteiger charge is -2.16. The zero-order valence-electron chi connectivity index (χ0n) is 8.32. The van der Waals surface area contributed by atoms with Gasteiger partial charge in [0, 0.05) is 12.1 Å². The van der Waals surface area contributed by atoms with Crippen LogP contribution in [0.15, 0.2) is 12.1 Å². The summed E-state index contributed by atoms with van der Waals surface area (Å²) in [7, 11) is 1.45. The summed E-state index contributed by atoms with van der Waals surface area (Å²) in [4.78, 5) is 0. The van der Waals surface area contributed by atoms with E-state index in [9.17, 15) is 10.2 Å². The van der Waals surface area contributed by atoms with Crippen LogP contribution in [0.2, 0.25) is 0 Å². The fourth-order valence-electron chi connectivity index (χ4n) is 1.43. The summed E-state index contributed by atoms with van der Waals surface area (Å²) in [5.74, 6) is 0.309. The maximum Gasteiger partial charge on any atom is 0.166 e. The molecule has 0 aliphatic heterocycles. The van der Waals surface area contributed by atoms with E-state index in [-0.39, 0.29) is 12.3 Å². The first-order valence-electron chi connectivity index (χ1n) is 4.36. The molecule has 0 heterocycles. The average molecular weight is 197 g/mol. The van der Waals surface area contributed by atoms with Crippen LogP contribution in [0.5, 0.6) is 11.5 Å². The summed E-state index contributed by atoms with van der Waals surface area (Å²) in [6.45, 7) is 1.93. The first kappa shape index (κ1) is 10.8. The maximum absolute atomic E-state index is 9.63. The van der Waals surface area contributed by atoms with Gasteiger partial charge in [-0.15, -0.1) is 0 Å². The molecule has 78 valence electrons. The van der Waals surface area contributed by atoms with Crippen molar-refractivity contribution in [3.8, 4) is 11.5 Å². The van der Waals surface area contributed by atoms with Crippen LogP contribution in [0.4, 0.5) is 0 Å². The highest BCUT2D eigenvalue weighted by Gasteiger charge is 2.17. The van der Waals surface area contributed by atoms with Crippen LogP contribution in [-0.4, -0.2) is 23.9 Å². The van der Waals surface area contributed by atoms with Gasteiger partial charge < -0.3 is 20.7 Å². The standard InChI is InChI=1S/C10H15NO3/c1-6-3-4-7(12)10(14-2)9(6)8(13)5-11/h3-4,8,12-13H,5,11H2,1-2H3. The highest BCUT2D eigenvalue weighted by Crippen LogP contribution is 2.35. The largest absolute Gasteiger partial charge is 0.504 e. The Hall–Kier alpha value is -1.26. The van der Waals surface area contributed by atoms with Crippen molar-refractivity contribution in [1.29, 1.82) is 0 Å². The number of aryl methyl sites for hydroxylation is 1. The number of aliphatic hydroxyl groups is 1. The van der Waals surface area contributed by atoms with Crippen molar-refractivity contribution < 1.29 is 14.9 Å². The molecule has 1 unspecified atom stereocenters. The Kier molecular flexibility index (Phi) is 3.33. The minimum Gasteiger partial charge on any atom is -0.504 e. The Labute approximate surface area is 82.9 Å². The molecule has 0 radical (unpaired) electrons. The lowest BCUT2D eigenvalue weighted by molar-refractivity contribution is 0.180. The third-order valence-corrected chi connectivity index (χ3v) is 2.15. The van der Waals surface area contributed by atoms with E-state index < -0.39 is 6.10 Å². The van der Waals surface area contributed by atoms with E-state index in [4.69, 9.17) is 10.5 Å². The fraction of sp³-hybridized carbons (Fsp3) is 0.400. The molecule has 0 aliphatic carbocycles. The summed E-state index contributed by atoms with van der Waals surface area (Å²) >= 11 is 0. The van der Waals surface area contributed by atoms with Crippen LogP contribution >= 0.6 is 0 Å². The first-order chi connectivity index (χ1) is 6.61. The van der Waals surface area contributed by atoms with Gasteiger partial charge in [0.1, 0.15) is 0 Å². The molecular formula is C10H15NO3. The highest BCUT2D eigenvalue weighted by atomic mass is 16.5. The van der Waals surface area contributed by atoms with Crippen molar-refractivity contribution in [2.45, 2.75) is 13.0 Å². The second-order valence-corrected chi connectivity index (χ2v) is 3.10. The molecule has 14 heavy (non-hydrogen) atoms. The molecule has 0 amide bonds. The number of aliphatic hydroxyl groups excluding tert-OH is 1. The predicted octanol–water partition coefficient (Wildman–Crippen LogP) is 0.701. The number of methoxy groups -OCH3 is 1. The van der Waals surface area contributed by atoms with E-state index in [1.807, 2.05) is 6.92 Å². The van der Waals surface area contributed by atoms with Crippen molar-refractivity contribution in [2.24, 2.45) is 5.73 Å². The predicted molar refractivity (Wildman–Crippen MR) is 53.4 cm³/mol. The zero-order valence-corrected chi connectivity index (χ0v) is 8.32. The number of hydrogen-bond acceptors (Lipinski definition) is 4. The Morgan fingerprint density at radius 1 is 1.50 bits per heavy atom. The highest BCUT2D eigenvalue weighted by molar-refractivity contribution is 5.50. The number of aromatic hydroxyl groups is 1. The summed E-state index contributed by atoms with van der Waals surface area (Å²) in [5, 5.41) is 19.1. The van der Waals surface area contributed by atoms with E-state index in [1.165, 1.54) is 13.2 Å². The second kappa shape index (κ2) is 4.30. The molecule has 1 rings (SSSR count). The van der Waals surface area contributed by atoms with Gasteiger partial charge in [0.05, 0.1) is 13.2 Å². The number of benzene rings is 1. The lowest BCUT2D eigenvalue weighted by atomic mass is 10.0. The van der Waals surface area contributed by atoms with Gasteiger partial charge in [-0.05, 0) is 18.6 Å².